The maximum atomic E-state index is 12.5. The number of ether oxygens (including phenoxy) is 1. The van der Waals surface area contributed by atoms with Gasteiger partial charge >= 0.3 is 12.1 Å². The molecular weight excluding hydrogens is 412 g/mol. The van der Waals surface area contributed by atoms with E-state index in [2.05, 4.69) is 5.32 Å². The Morgan fingerprint density at radius 3 is 2.06 bits per heavy atom. The number of nitrogens with one attached hydrogen (secondary N) is 1. The minimum atomic E-state index is -0.818. The highest BCUT2D eigenvalue weighted by molar-refractivity contribution is 6.01. The fourth-order valence-corrected chi connectivity index (χ4v) is 3.20. The number of hydroxylamine groups is 2. The van der Waals surface area contributed by atoms with Crippen molar-refractivity contribution >= 4 is 23.9 Å². The number of benzene rings is 2. The standard InChI is InChI=1S/C24H26N2O6/c1-24(2,3)31-23(30)25-19(15-22(29)32-26-20(27)13-14-21(26)28)18-11-9-17(10-12-18)16-7-5-4-6-8-16/h4-12,19H,13-15H2,1-3H3,(H,25,30). The molecule has 1 aliphatic rings. The zero-order valence-electron chi connectivity index (χ0n) is 18.3. The highest BCUT2D eigenvalue weighted by Gasteiger charge is 2.34. The summed E-state index contributed by atoms with van der Waals surface area (Å²) in [6.07, 6.45) is -0.976. The van der Waals surface area contributed by atoms with Crippen LogP contribution in [0, 0.1) is 0 Å². The van der Waals surface area contributed by atoms with Crippen molar-refractivity contribution in [1.82, 2.24) is 10.4 Å². The summed E-state index contributed by atoms with van der Waals surface area (Å²) >= 11 is 0. The van der Waals surface area contributed by atoms with Crippen LogP contribution in [0.25, 0.3) is 11.1 Å². The number of hydrogen-bond acceptors (Lipinski definition) is 6. The van der Waals surface area contributed by atoms with Gasteiger partial charge in [0, 0.05) is 12.8 Å². The van der Waals surface area contributed by atoms with Gasteiger partial charge in [-0.3, -0.25) is 9.59 Å². The molecule has 0 aliphatic carbocycles. The second kappa shape index (κ2) is 9.64. The van der Waals surface area contributed by atoms with Gasteiger partial charge in [-0.05, 0) is 37.5 Å². The van der Waals surface area contributed by atoms with E-state index in [1.165, 1.54) is 0 Å². The molecule has 1 fully saturated rings. The third-order valence-corrected chi connectivity index (χ3v) is 4.68. The number of carbonyl (C=O) groups excluding carboxylic acids is 4. The van der Waals surface area contributed by atoms with Crippen LogP contribution in [0.4, 0.5) is 4.79 Å². The number of rotatable bonds is 6. The Bertz CT molecular complexity index is 979. The lowest BCUT2D eigenvalue weighted by Gasteiger charge is -2.24. The van der Waals surface area contributed by atoms with E-state index in [9.17, 15) is 19.2 Å². The predicted octanol–water partition coefficient (Wildman–Crippen LogP) is 3.92. The van der Waals surface area contributed by atoms with Crippen LogP contribution in [0.2, 0.25) is 0 Å². The van der Waals surface area contributed by atoms with E-state index < -0.39 is 35.5 Å². The SMILES string of the molecule is CC(C)(C)OC(=O)NC(CC(=O)ON1C(=O)CCC1=O)c1ccc(-c2ccccc2)cc1. The Morgan fingerprint density at radius 2 is 1.50 bits per heavy atom. The van der Waals surface area contributed by atoms with Gasteiger partial charge in [-0.2, -0.15) is 0 Å². The normalized spacial score (nSPS) is 14.8. The molecule has 1 unspecified atom stereocenters. The van der Waals surface area contributed by atoms with Gasteiger partial charge in [-0.15, -0.1) is 5.06 Å². The third kappa shape index (κ3) is 6.16. The van der Waals surface area contributed by atoms with Crippen molar-refractivity contribution in [1.29, 1.82) is 0 Å². The molecular formula is C24H26N2O6. The quantitative estimate of drug-likeness (QED) is 0.686. The van der Waals surface area contributed by atoms with Crippen molar-refractivity contribution in [2.24, 2.45) is 0 Å². The lowest BCUT2D eigenvalue weighted by molar-refractivity contribution is -0.197. The van der Waals surface area contributed by atoms with Crippen molar-refractivity contribution in [3.05, 3.63) is 60.2 Å². The highest BCUT2D eigenvalue weighted by atomic mass is 16.7. The summed E-state index contributed by atoms with van der Waals surface area (Å²) in [4.78, 5) is 53.2. The topological polar surface area (TPSA) is 102 Å². The maximum absolute atomic E-state index is 12.5. The van der Waals surface area contributed by atoms with Crippen LogP contribution >= 0.6 is 0 Å². The van der Waals surface area contributed by atoms with Gasteiger partial charge in [0.1, 0.15) is 5.60 Å². The van der Waals surface area contributed by atoms with Crippen LogP contribution in [0.1, 0.15) is 51.6 Å². The second-order valence-corrected chi connectivity index (χ2v) is 8.44. The molecule has 0 saturated carbocycles. The number of carbonyl (C=O) groups is 4. The summed E-state index contributed by atoms with van der Waals surface area (Å²) < 4.78 is 5.31. The molecule has 8 nitrogen and oxygen atoms in total. The van der Waals surface area contributed by atoms with Crippen LogP contribution < -0.4 is 5.32 Å². The van der Waals surface area contributed by atoms with Gasteiger partial charge in [0.05, 0.1) is 12.5 Å². The summed E-state index contributed by atoms with van der Waals surface area (Å²) in [6.45, 7) is 5.19. The Hall–Kier alpha value is -3.68. The molecule has 1 heterocycles. The van der Waals surface area contributed by atoms with Crippen LogP contribution in [0.3, 0.4) is 0 Å². The summed E-state index contributed by atoms with van der Waals surface area (Å²) in [7, 11) is 0. The first-order valence-corrected chi connectivity index (χ1v) is 10.3. The zero-order chi connectivity index (χ0) is 23.3. The molecule has 0 spiro atoms. The summed E-state index contributed by atoms with van der Waals surface area (Å²) in [5.41, 5.74) is 1.93. The van der Waals surface area contributed by atoms with Crippen LogP contribution in [-0.2, 0) is 24.0 Å². The third-order valence-electron chi connectivity index (χ3n) is 4.68. The molecule has 2 aromatic carbocycles. The smallest absolute Gasteiger partial charge is 0.408 e. The number of imide groups is 1. The largest absolute Gasteiger partial charge is 0.444 e. The Balaban J connectivity index is 1.77. The zero-order valence-corrected chi connectivity index (χ0v) is 18.3. The minimum absolute atomic E-state index is 0.00660. The molecule has 0 radical (unpaired) electrons. The monoisotopic (exact) mass is 438 g/mol. The molecule has 3 amide bonds. The van der Waals surface area contributed by atoms with E-state index in [1.54, 1.807) is 32.9 Å². The van der Waals surface area contributed by atoms with E-state index in [1.807, 2.05) is 42.5 Å². The first-order chi connectivity index (χ1) is 15.1. The van der Waals surface area contributed by atoms with Crippen molar-refractivity contribution in [3.63, 3.8) is 0 Å². The molecule has 1 saturated heterocycles. The molecule has 32 heavy (non-hydrogen) atoms. The summed E-state index contributed by atoms with van der Waals surface area (Å²) in [5, 5.41) is 3.17. The Morgan fingerprint density at radius 1 is 0.938 bits per heavy atom. The lowest BCUT2D eigenvalue weighted by Crippen LogP contribution is -2.37. The van der Waals surface area contributed by atoms with Crippen LogP contribution in [-0.4, -0.2) is 34.5 Å². The summed E-state index contributed by atoms with van der Waals surface area (Å²) in [5.74, 6) is -1.94. The highest BCUT2D eigenvalue weighted by Crippen LogP contribution is 2.25. The fraction of sp³-hybridized carbons (Fsp3) is 0.333. The number of amides is 3. The van der Waals surface area contributed by atoms with Gasteiger partial charge in [0.15, 0.2) is 0 Å². The van der Waals surface area contributed by atoms with E-state index >= 15 is 0 Å². The van der Waals surface area contributed by atoms with Crippen molar-refractivity contribution < 1.29 is 28.8 Å². The Kier molecular flexibility index (Phi) is 6.92. The number of alkyl carbamates (subject to hydrolysis) is 1. The maximum Gasteiger partial charge on any atom is 0.408 e. The van der Waals surface area contributed by atoms with Gasteiger partial charge in [-0.25, -0.2) is 9.59 Å². The van der Waals surface area contributed by atoms with Gasteiger partial charge in [-0.1, -0.05) is 54.6 Å². The molecule has 8 heteroatoms. The van der Waals surface area contributed by atoms with E-state index in [4.69, 9.17) is 9.57 Å². The van der Waals surface area contributed by atoms with E-state index in [0.29, 0.717) is 10.6 Å². The van der Waals surface area contributed by atoms with Gasteiger partial charge in [0.2, 0.25) is 0 Å². The van der Waals surface area contributed by atoms with Crippen molar-refractivity contribution in [2.45, 2.75) is 51.7 Å². The average molecular weight is 438 g/mol. The molecule has 1 aliphatic heterocycles. The Labute approximate surface area is 186 Å². The molecule has 0 aromatic heterocycles. The van der Waals surface area contributed by atoms with Crippen LogP contribution in [0.5, 0.6) is 0 Å². The molecule has 3 rings (SSSR count). The lowest BCUT2D eigenvalue weighted by atomic mass is 9.99. The van der Waals surface area contributed by atoms with Gasteiger partial charge in [0.25, 0.3) is 11.8 Å². The van der Waals surface area contributed by atoms with Gasteiger partial charge < -0.3 is 14.9 Å². The molecule has 2 aromatic rings. The molecule has 1 N–H and O–H groups in total. The fourth-order valence-electron chi connectivity index (χ4n) is 3.20. The summed E-state index contributed by atoms with van der Waals surface area (Å²) in [6, 6.07) is 16.3. The molecule has 0 bridgehead atoms. The van der Waals surface area contributed by atoms with Crippen LogP contribution in [0.15, 0.2) is 54.6 Å². The first kappa shape index (κ1) is 23.0. The average Bonchev–Trinajstić information content (AvgIpc) is 3.05. The van der Waals surface area contributed by atoms with Crippen molar-refractivity contribution in [2.75, 3.05) is 0 Å². The number of nitrogens with zero attached hydrogens (tertiary/aromatic N) is 1. The molecule has 168 valence electrons. The predicted molar refractivity (Wildman–Crippen MR) is 116 cm³/mol. The minimum Gasteiger partial charge on any atom is -0.444 e. The van der Waals surface area contributed by atoms with Crippen molar-refractivity contribution in [3.8, 4) is 11.1 Å². The van der Waals surface area contributed by atoms with E-state index in [-0.39, 0.29) is 19.3 Å². The van der Waals surface area contributed by atoms with E-state index in [0.717, 1.165) is 11.1 Å². The number of hydrogen-bond donors (Lipinski definition) is 1. The second-order valence-electron chi connectivity index (χ2n) is 8.44. The molecule has 1 atom stereocenters. The first-order valence-electron chi connectivity index (χ1n) is 10.3.